The fraction of sp³-hybridized carbons (Fsp3) is 0.400. The Kier molecular flexibility index (Phi) is 1.58. The Bertz CT molecular complexity index is 173. The predicted octanol–water partition coefficient (Wildman–Crippen LogP) is 0.0674. The second-order valence-electron chi connectivity index (χ2n) is 1.79. The SMILES string of the molecule is NC(=O)C1C=CN=NC1. The first-order valence-corrected chi connectivity index (χ1v) is 2.63. The molecule has 1 aliphatic heterocycles. The molecule has 0 saturated carbocycles. The summed E-state index contributed by atoms with van der Waals surface area (Å²) in [5.41, 5.74) is 4.98. The summed E-state index contributed by atoms with van der Waals surface area (Å²) in [6.45, 7) is 0.395. The van der Waals surface area contributed by atoms with Crippen LogP contribution in [0.4, 0.5) is 0 Å². The molecule has 48 valence electrons. The largest absolute Gasteiger partial charge is 0.369 e. The van der Waals surface area contributed by atoms with Gasteiger partial charge in [-0.1, -0.05) is 0 Å². The Labute approximate surface area is 52.5 Å². The van der Waals surface area contributed by atoms with E-state index in [-0.39, 0.29) is 11.8 Å². The predicted molar refractivity (Wildman–Crippen MR) is 31.5 cm³/mol. The monoisotopic (exact) mass is 125 g/mol. The van der Waals surface area contributed by atoms with E-state index in [0.29, 0.717) is 6.54 Å². The summed E-state index contributed by atoms with van der Waals surface area (Å²) in [5, 5.41) is 7.16. The highest BCUT2D eigenvalue weighted by atomic mass is 16.1. The van der Waals surface area contributed by atoms with Gasteiger partial charge in [0.2, 0.25) is 5.91 Å². The molecule has 1 rings (SSSR count). The van der Waals surface area contributed by atoms with E-state index in [1.54, 1.807) is 6.08 Å². The Morgan fingerprint density at radius 3 is 2.89 bits per heavy atom. The van der Waals surface area contributed by atoms with Crippen LogP contribution < -0.4 is 5.73 Å². The van der Waals surface area contributed by atoms with E-state index in [1.165, 1.54) is 6.20 Å². The fourth-order valence-electron chi connectivity index (χ4n) is 0.570. The Balaban J connectivity index is 2.56. The van der Waals surface area contributed by atoms with Crippen LogP contribution in [-0.4, -0.2) is 12.5 Å². The number of carbonyl (C=O) groups excluding carboxylic acids is 1. The van der Waals surface area contributed by atoms with Gasteiger partial charge >= 0.3 is 0 Å². The quantitative estimate of drug-likeness (QED) is 0.529. The number of primary amides is 1. The van der Waals surface area contributed by atoms with Crippen molar-refractivity contribution in [3.05, 3.63) is 12.3 Å². The summed E-state index contributed by atoms with van der Waals surface area (Å²) in [4.78, 5) is 10.4. The maximum Gasteiger partial charge on any atom is 0.226 e. The summed E-state index contributed by atoms with van der Waals surface area (Å²) in [7, 11) is 0. The number of amides is 1. The second kappa shape index (κ2) is 2.39. The van der Waals surface area contributed by atoms with Gasteiger partial charge in [0.05, 0.1) is 12.5 Å². The molecule has 1 unspecified atom stereocenters. The van der Waals surface area contributed by atoms with Crippen molar-refractivity contribution in [3.8, 4) is 0 Å². The van der Waals surface area contributed by atoms with E-state index >= 15 is 0 Å². The molecule has 1 amide bonds. The van der Waals surface area contributed by atoms with Gasteiger partial charge < -0.3 is 5.73 Å². The van der Waals surface area contributed by atoms with Crippen molar-refractivity contribution in [3.63, 3.8) is 0 Å². The van der Waals surface area contributed by atoms with Crippen LogP contribution in [0.3, 0.4) is 0 Å². The van der Waals surface area contributed by atoms with Crippen LogP contribution in [0.5, 0.6) is 0 Å². The molecule has 1 heterocycles. The molecule has 2 N–H and O–H groups in total. The van der Waals surface area contributed by atoms with Gasteiger partial charge in [0, 0.05) is 6.20 Å². The maximum atomic E-state index is 10.4. The molecule has 0 radical (unpaired) electrons. The molecular formula is C5H7N3O. The van der Waals surface area contributed by atoms with Gasteiger partial charge in [-0.2, -0.15) is 10.2 Å². The zero-order valence-electron chi connectivity index (χ0n) is 4.82. The molecule has 4 nitrogen and oxygen atoms in total. The Morgan fingerprint density at radius 2 is 2.56 bits per heavy atom. The minimum Gasteiger partial charge on any atom is -0.369 e. The summed E-state index contributed by atoms with van der Waals surface area (Å²) in [5.74, 6) is -0.590. The average Bonchev–Trinajstić information content (AvgIpc) is 1.90. The molecular weight excluding hydrogens is 118 g/mol. The van der Waals surface area contributed by atoms with Gasteiger partial charge in [-0.3, -0.25) is 4.79 Å². The van der Waals surface area contributed by atoms with Crippen molar-refractivity contribution in [2.24, 2.45) is 21.9 Å². The lowest BCUT2D eigenvalue weighted by atomic mass is 10.1. The van der Waals surface area contributed by atoms with E-state index in [9.17, 15) is 4.79 Å². The van der Waals surface area contributed by atoms with Crippen LogP contribution in [-0.2, 0) is 4.79 Å². The zero-order valence-corrected chi connectivity index (χ0v) is 4.82. The molecule has 1 aliphatic rings. The van der Waals surface area contributed by atoms with Gasteiger partial charge in [-0.05, 0) is 6.08 Å². The average molecular weight is 125 g/mol. The first-order valence-electron chi connectivity index (χ1n) is 2.63. The van der Waals surface area contributed by atoms with Crippen LogP contribution in [0, 0.1) is 5.92 Å². The van der Waals surface area contributed by atoms with E-state index in [1.807, 2.05) is 0 Å². The summed E-state index contributed by atoms with van der Waals surface area (Å²) >= 11 is 0. The summed E-state index contributed by atoms with van der Waals surface area (Å²) < 4.78 is 0. The topological polar surface area (TPSA) is 67.8 Å². The van der Waals surface area contributed by atoms with Gasteiger partial charge in [-0.25, -0.2) is 0 Å². The van der Waals surface area contributed by atoms with Crippen molar-refractivity contribution >= 4 is 5.91 Å². The van der Waals surface area contributed by atoms with Crippen LogP contribution in [0.2, 0.25) is 0 Å². The molecule has 0 aliphatic carbocycles. The van der Waals surface area contributed by atoms with Gasteiger partial charge in [0.1, 0.15) is 0 Å². The van der Waals surface area contributed by atoms with Crippen molar-refractivity contribution in [2.45, 2.75) is 0 Å². The summed E-state index contributed by atoms with van der Waals surface area (Å²) in [6.07, 6.45) is 3.13. The van der Waals surface area contributed by atoms with Crippen LogP contribution in [0.15, 0.2) is 22.5 Å². The number of hydrogen-bond donors (Lipinski definition) is 1. The Hall–Kier alpha value is -1.19. The van der Waals surface area contributed by atoms with Gasteiger partial charge in [0.15, 0.2) is 0 Å². The molecule has 0 fully saturated rings. The smallest absolute Gasteiger partial charge is 0.226 e. The van der Waals surface area contributed by atoms with E-state index in [0.717, 1.165) is 0 Å². The summed E-state index contributed by atoms with van der Waals surface area (Å²) in [6, 6.07) is 0. The standard InChI is InChI=1S/C5H7N3O/c6-5(9)4-1-2-7-8-3-4/h1-2,4H,3H2,(H2,6,9). The van der Waals surface area contributed by atoms with Gasteiger partial charge in [-0.15, -0.1) is 0 Å². The van der Waals surface area contributed by atoms with E-state index in [4.69, 9.17) is 5.73 Å². The third-order valence-corrected chi connectivity index (χ3v) is 1.11. The highest BCUT2D eigenvalue weighted by Gasteiger charge is 2.11. The first-order chi connectivity index (χ1) is 4.30. The minimum absolute atomic E-state index is 0.248. The van der Waals surface area contributed by atoms with E-state index in [2.05, 4.69) is 10.2 Å². The zero-order chi connectivity index (χ0) is 6.69. The number of nitrogens with two attached hydrogens (primary N) is 1. The molecule has 0 aromatic rings. The lowest BCUT2D eigenvalue weighted by Gasteiger charge is -2.04. The van der Waals surface area contributed by atoms with Crippen LogP contribution >= 0.6 is 0 Å². The van der Waals surface area contributed by atoms with Crippen molar-refractivity contribution in [1.29, 1.82) is 0 Å². The molecule has 0 aromatic carbocycles. The highest BCUT2D eigenvalue weighted by molar-refractivity contribution is 5.78. The lowest BCUT2D eigenvalue weighted by molar-refractivity contribution is -0.120. The van der Waals surface area contributed by atoms with Crippen LogP contribution in [0.25, 0.3) is 0 Å². The molecule has 9 heavy (non-hydrogen) atoms. The number of rotatable bonds is 1. The highest BCUT2D eigenvalue weighted by Crippen LogP contribution is 2.03. The molecule has 0 aromatic heterocycles. The maximum absolute atomic E-state index is 10.4. The third kappa shape index (κ3) is 1.35. The number of nitrogens with zero attached hydrogens (tertiary/aromatic N) is 2. The van der Waals surface area contributed by atoms with Gasteiger partial charge in [0.25, 0.3) is 0 Å². The van der Waals surface area contributed by atoms with Crippen molar-refractivity contribution < 1.29 is 4.79 Å². The molecule has 1 atom stereocenters. The number of azo groups is 1. The second-order valence-corrected chi connectivity index (χ2v) is 1.79. The Morgan fingerprint density at radius 1 is 1.78 bits per heavy atom. The van der Waals surface area contributed by atoms with Crippen LogP contribution in [0.1, 0.15) is 0 Å². The molecule has 4 heteroatoms. The fourth-order valence-corrected chi connectivity index (χ4v) is 0.570. The third-order valence-electron chi connectivity index (χ3n) is 1.11. The molecule has 0 bridgehead atoms. The van der Waals surface area contributed by atoms with Crippen molar-refractivity contribution in [1.82, 2.24) is 0 Å². The first kappa shape index (κ1) is 5.94. The number of hydrogen-bond acceptors (Lipinski definition) is 3. The van der Waals surface area contributed by atoms with E-state index < -0.39 is 0 Å². The minimum atomic E-state index is -0.343. The number of carbonyl (C=O) groups is 1. The van der Waals surface area contributed by atoms with Crippen molar-refractivity contribution in [2.75, 3.05) is 6.54 Å². The molecule has 0 saturated heterocycles. The lowest BCUT2D eigenvalue weighted by Crippen LogP contribution is -2.24. The normalized spacial score (nSPS) is 24.2. The molecule has 0 spiro atoms.